The minimum absolute atomic E-state index is 0.0239. The van der Waals surface area contributed by atoms with Crippen molar-refractivity contribution in [3.05, 3.63) is 12.2 Å². The molecule has 0 radical (unpaired) electrons. The molecule has 1 heterocycles. The summed E-state index contributed by atoms with van der Waals surface area (Å²) in [5.74, 6) is -0.869. The second-order valence-corrected chi connectivity index (χ2v) is 3.98. The van der Waals surface area contributed by atoms with Crippen LogP contribution in [0.25, 0.3) is 0 Å². The van der Waals surface area contributed by atoms with Gasteiger partial charge in [-0.1, -0.05) is 6.58 Å². The van der Waals surface area contributed by atoms with E-state index in [-0.39, 0.29) is 31.7 Å². The quantitative estimate of drug-likeness (QED) is 0.517. The van der Waals surface area contributed by atoms with E-state index in [2.05, 4.69) is 6.58 Å². The molecule has 1 saturated heterocycles. The summed E-state index contributed by atoms with van der Waals surface area (Å²) < 4.78 is 15.1. The molecule has 1 aliphatic rings. The zero-order valence-electron chi connectivity index (χ0n) is 10.1. The number of esters is 2. The summed E-state index contributed by atoms with van der Waals surface area (Å²) in [5, 5.41) is 0. The largest absolute Gasteiger partial charge is 0.463 e. The van der Waals surface area contributed by atoms with Crippen LogP contribution >= 0.6 is 0 Å². The first-order valence-electron chi connectivity index (χ1n) is 5.69. The first-order valence-corrected chi connectivity index (χ1v) is 5.69. The third-order valence-electron chi connectivity index (χ3n) is 2.34. The average molecular weight is 242 g/mol. The summed E-state index contributed by atoms with van der Waals surface area (Å²) in [6.07, 6.45) is 2.03. The van der Waals surface area contributed by atoms with E-state index in [9.17, 15) is 9.59 Å². The van der Waals surface area contributed by atoms with Crippen LogP contribution in [0.1, 0.15) is 26.2 Å². The predicted octanol–water partition coefficient (Wildman–Crippen LogP) is 1.22. The highest BCUT2D eigenvalue weighted by atomic mass is 16.6. The monoisotopic (exact) mass is 242 g/mol. The molecule has 0 aromatic heterocycles. The van der Waals surface area contributed by atoms with Crippen molar-refractivity contribution in [1.29, 1.82) is 0 Å². The Morgan fingerprint density at radius 1 is 1.41 bits per heavy atom. The Balaban J connectivity index is 2.04. The van der Waals surface area contributed by atoms with Gasteiger partial charge in [0.25, 0.3) is 0 Å². The van der Waals surface area contributed by atoms with Crippen LogP contribution < -0.4 is 0 Å². The SMILES string of the molecule is C=C(C)C(=O)OCCC(=O)OCC1CCCO1. The molecule has 1 rings (SSSR count). The lowest BCUT2D eigenvalue weighted by molar-refractivity contribution is -0.150. The Morgan fingerprint density at radius 2 is 2.18 bits per heavy atom. The Kier molecular flexibility index (Phi) is 5.69. The van der Waals surface area contributed by atoms with Gasteiger partial charge >= 0.3 is 11.9 Å². The fourth-order valence-electron chi connectivity index (χ4n) is 1.38. The Morgan fingerprint density at radius 3 is 2.76 bits per heavy atom. The summed E-state index contributed by atoms with van der Waals surface area (Å²) >= 11 is 0. The molecule has 1 atom stereocenters. The van der Waals surface area contributed by atoms with Gasteiger partial charge in [-0.15, -0.1) is 0 Å². The second-order valence-electron chi connectivity index (χ2n) is 3.98. The third kappa shape index (κ3) is 5.49. The predicted molar refractivity (Wildman–Crippen MR) is 60.3 cm³/mol. The molecular weight excluding hydrogens is 224 g/mol. The van der Waals surface area contributed by atoms with E-state index < -0.39 is 5.97 Å². The van der Waals surface area contributed by atoms with Crippen LogP contribution in [0.5, 0.6) is 0 Å². The highest BCUT2D eigenvalue weighted by molar-refractivity contribution is 5.87. The summed E-state index contributed by atoms with van der Waals surface area (Å²) in [4.78, 5) is 22.3. The van der Waals surface area contributed by atoms with Crippen LogP contribution in [0, 0.1) is 0 Å². The van der Waals surface area contributed by atoms with Crippen molar-refractivity contribution in [2.24, 2.45) is 0 Å². The van der Waals surface area contributed by atoms with Crippen molar-refractivity contribution in [1.82, 2.24) is 0 Å². The second kappa shape index (κ2) is 7.06. The molecular formula is C12H18O5. The van der Waals surface area contributed by atoms with Crippen LogP contribution in [0.15, 0.2) is 12.2 Å². The summed E-state index contributed by atoms with van der Waals surface area (Å²) in [7, 11) is 0. The molecule has 0 bridgehead atoms. The fourth-order valence-corrected chi connectivity index (χ4v) is 1.38. The summed E-state index contributed by atoms with van der Waals surface area (Å²) in [6.45, 7) is 6.03. The molecule has 0 saturated carbocycles. The molecule has 1 fully saturated rings. The summed E-state index contributed by atoms with van der Waals surface area (Å²) in [6, 6.07) is 0. The molecule has 1 unspecified atom stereocenters. The number of rotatable bonds is 6. The van der Waals surface area contributed by atoms with Crippen LogP contribution in [-0.4, -0.2) is 37.9 Å². The van der Waals surface area contributed by atoms with Crippen molar-refractivity contribution < 1.29 is 23.8 Å². The number of carbonyl (C=O) groups is 2. The van der Waals surface area contributed by atoms with E-state index in [4.69, 9.17) is 14.2 Å². The maximum absolute atomic E-state index is 11.3. The third-order valence-corrected chi connectivity index (χ3v) is 2.34. The van der Waals surface area contributed by atoms with Gasteiger partial charge in [-0.05, 0) is 19.8 Å². The highest BCUT2D eigenvalue weighted by Crippen LogP contribution is 2.12. The topological polar surface area (TPSA) is 61.8 Å². The Hall–Kier alpha value is -1.36. The summed E-state index contributed by atoms with van der Waals surface area (Å²) in [5.41, 5.74) is 0.317. The molecule has 0 aliphatic carbocycles. The van der Waals surface area contributed by atoms with Crippen molar-refractivity contribution in [3.8, 4) is 0 Å². The molecule has 5 heteroatoms. The van der Waals surface area contributed by atoms with Gasteiger partial charge in [0.05, 0.1) is 12.5 Å². The van der Waals surface area contributed by atoms with Crippen LogP contribution in [-0.2, 0) is 23.8 Å². The number of hydrogen-bond acceptors (Lipinski definition) is 5. The fraction of sp³-hybridized carbons (Fsp3) is 0.667. The molecule has 0 aromatic carbocycles. The van der Waals surface area contributed by atoms with Gasteiger partial charge in [0, 0.05) is 12.2 Å². The van der Waals surface area contributed by atoms with Gasteiger partial charge in [0.15, 0.2) is 0 Å². The lowest BCUT2D eigenvalue weighted by atomic mass is 10.2. The highest BCUT2D eigenvalue weighted by Gasteiger charge is 2.17. The molecule has 96 valence electrons. The first-order chi connectivity index (χ1) is 8.09. The lowest BCUT2D eigenvalue weighted by Gasteiger charge is -2.10. The zero-order chi connectivity index (χ0) is 12.7. The van der Waals surface area contributed by atoms with E-state index >= 15 is 0 Å². The maximum atomic E-state index is 11.3. The number of carbonyl (C=O) groups excluding carboxylic acids is 2. The molecule has 0 amide bonds. The normalized spacial score (nSPS) is 18.8. The smallest absolute Gasteiger partial charge is 0.333 e. The zero-order valence-corrected chi connectivity index (χ0v) is 10.1. The van der Waals surface area contributed by atoms with Crippen molar-refractivity contribution in [3.63, 3.8) is 0 Å². The van der Waals surface area contributed by atoms with Crippen LogP contribution in [0.2, 0.25) is 0 Å². The average Bonchev–Trinajstić information content (AvgIpc) is 2.78. The minimum Gasteiger partial charge on any atom is -0.463 e. The van der Waals surface area contributed by atoms with Gasteiger partial charge < -0.3 is 14.2 Å². The van der Waals surface area contributed by atoms with Crippen LogP contribution in [0.4, 0.5) is 0 Å². The molecule has 17 heavy (non-hydrogen) atoms. The van der Waals surface area contributed by atoms with Crippen molar-refractivity contribution in [2.45, 2.75) is 32.3 Å². The number of ether oxygens (including phenoxy) is 3. The molecule has 0 spiro atoms. The van der Waals surface area contributed by atoms with E-state index in [0.29, 0.717) is 5.57 Å². The number of hydrogen-bond donors (Lipinski definition) is 0. The van der Waals surface area contributed by atoms with E-state index in [0.717, 1.165) is 19.4 Å². The van der Waals surface area contributed by atoms with E-state index in [1.807, 2.05) is 0 Å². The Labute approximate surface area is 101 Å². The minimum atomic E-state index is -0.489. The lowest BCUT2D eigenvalue weighted by Crippen LogP contribution is -2.19. The van der Waals surface area contributed by atoms with E-state index in [1.54, 1.807) is 6.92 Å². The van der Waals surface area contributed by atoms with Gasteiger partial charge in [0.1, 0.15) is 13.2 Å². The van der Waals surface area contributed by atoms with Crippen molar-refractivity contribution >= 4 is 11.9 Å². The van der Waals surface area contributed by atoms with Crippen LogP contribution in [0.3, 0.4) is 0 Å². The van der Waals surface area contributed by atoms with Gasteiger partial charge in [-0.25, -0.2) is 4.79 Å². The molecule has 5 nitrogen and oxygen atoms in total. The molecule has 0 N–H and O–H groups in total. The maximum Gasteiger partial charge on any atom is 0.333 e. The van der Waals surface area contributed by atoms with Gasteiger partial charge in [-0.2, -0.15) is 0 Å². The first kappa shape index (κ1) is 13.7. The van der Waals surface area contributed by atoms with Gasteiger partial charge in [-0.3, -0.25) is 4.79 Å². The molecule has 1 aliphatic heterocycles. The van der Waals surface area contributed by atoms with Gasteiger partial charge in [0.2, 0.25) is 0 Å². The van der Waals surface area contributed by atoms with E-state index in [1.165, 1.54) is 0 Å². The standard InChI is InChI=1S/C12H18O5/c1-9(2)12(14)16-7-5-11(13)17-8-10-4-3-6-15-10/h10H,1,3-8H2,2H3. The van der Waals surface area contributed by atoms with Crippen molar-refractivity contribution in [2.75, 3.05) is 19.8 Å². The Bertz CT molecular complexity index is 291. The molecule has 0 aromatic rings.